The molecule has 1 amide bonds. The molecule has 5 rings (SSSR count). The summed E-state index contributed by atoms with van der Waals surface area (Å²) in [6, 6.07) is 16.5. The fourth-order valence-electron chi connectivity index (χ4n) is 5.34. The largest absolute Gasteiger partial charge is 0.497 e. The van der Waals surface area contributed by atoms with Crippen LogP contribution in [-0.2, 0) is 0 Å². The van der Waals surface area contributed by atoms with Gasteiger partial charge in [0.05, 0.1) is 39.3 Å². The zero-order valence-electron chi connectivity index (χ0n) is 27.1. The number of ether oxygens (including phenoxy) is 5. The minimum atomic E-state index is -0.783. The molecule has 1 N–H and O–H groups in total. The molecule has 3 aromatic carbocycles. The lowest BCUT2D eigenvalue weighted by Gasteiger charge is -2.26. The molecule has 0 unspecified atom stereocenters. The number of methoxy groups -OCH3 is 3. The number of likely N-dealkylation sites (tertiary alicyclic amines) is 1. The maximum atomic E-state index is 14.9. The zero-order valence-corrected chi connectivity index (χ0v) is 27.1. The molecule has 248 valence electrons. The number of carbonyl (C=O) groups is 1. The molecule has 1 aliphatic heterocycles. The maximum Gasteiger partial charge on any atom is 0.426 e. The van der Waals surface area contributed by atoms with E-state index < -0.39 is 11.9 Å². The zero-order chi connectivity index (χ0) is 33.2. The molecule has 1 saturated heterocycles. The second kappa shape index (κ2) is 15.9. The van der Waals surface area contributed by atoms with Crippen molar-refractivity contribution in [3.8, 4) is 28.9 Å². The first-order valence-electron chi connectivity index (χ1n) is 15.5. The summed E-state index contributed by atoms with van der Waals surface area (Å²) in [5.74, 6) is 1.09. The number of hydrogen-bond acceptors (Lipinski definition) is 10. The minimum absolute atomic E-state index is 0.0364. The number of aromatic nitrogens is 2. The number of nitrogens with zero attached hydrogens (tertiary/aromatic N) is 4. The number of benzene rings is 3. The fraction of sp³-hybridized carbons (Fsp3) is 0.343. The van der Waals surface area contributed by atoms with Gasteiger partial charge >= 0.3 is 6.09 Å². The summed E-state index contributed by atoms with van der Waals surface area (Å²) in [5, 5.41) is 2.96. The van der Waals surface area contributed by atoms with Crippen LogP contribution >= 0.6 is 0 Å². The van der Waals surface area contributed by atoms with Crippen molar-refractivity contribution in [2.75, 3.05) is 57.8 Å². The number of piperidine rings is 1. The van der Waals surface area contributed by atoms with Crippen LogP contribution < -0.4 is 33.9 Å². The average Bonchev–Trinajstić information content (AvgIpc) is 3.08. The monoisotopic (exact) mass is 645 g/mol. The van der Waals surface area contributed by atoms with E-state index in [4.69, 9.17) is 23.7 Å². The van der Waals surface area contributed by atoms with Gasteiger partial charge < -0.3 is 33.9 Å². The van der Waals surface area contributed by atoms with Gasteiger partial charge in [-0.1, -0.05) is 12.5 Å². The van der Waals surface area contributed by atoms with Crippen LogP contribution in [-0.4, -0.2) is 68.5 Å². The first kappa shape index (κ1) is 33.3. The number of nitrogens with one attached hydrogen (secondary N) is 1. The summed E-state index contributed by atoms with van der Waals surface area (Å²) in [6.07, 6.45) is 5.24. The SMILES string of the molecule is COc1ccc(N(C(=O)Oc2ccnc(Nc3ccc(OCCCN4CCCCC4)c(F)c3)n2)c2cc(C)ccc2OC)c(OC)c1. The highest BCUT2D eigenvalue weighted by atomic mass is 19.1. The third-order valence-electron chi connectivity index (χ3n) is 7.72. The maximum absolute atomic E-state index is 14.9. The van der Waals surface area contributed by atoms with Crippen molar-refractivity contribution < 1.29 is 32.9 Å². The van der Waals surface area contributed by atoms with Crippen molar-refractivity contribution in [3.63, 3.8) is 0 Å². The van der Waals surface area contributed by atoms with Gasteiger partial charge in [-0.05, 0) is 81.2 Å². The van der Waals surface area contributed by atoms with E-state index >= 15 is 0 Å². The Labute approximate surface area is 274 Å². The van der Waals surface area contributed by atoms with Crippen molar-refractivity contribution in [2.24, 2.45) is 0 Å². The molecule has 2 heterocycles. The van der Waals surface area contributed by atoms with Crippen LogP contribution in [0.15, 0.2) is 66.9 Å². The van der Waals surface area contributed by atoms with Gasteiger partial charge in [-0.25, -0.2) is 19.1 Å². The lowest BCUT2D eigenvalue weighted by atomic mass is 10.1. The summed E-state index contributed by atoms with van der Waals surface area (Å²) in [7, 11) is 4.55. The molecule has 0 saturated carbocycles. The van der Waals surface area contributed by atoms with Crippen LogP contribution in [0.1, 0.15) is 31.2 Å². The molecule has 1 aromatic heterocycles. The van der Waals surface area contributed by atoms with E-state index in [1.165, 1.54) is 56.7 Å². The van der Waals surface area contributed by atoms with Crippen molar-refractivity contribution in [3.05, 3.63) is 78.2 Å². The van der Waals surface area contributed by atoms with Crippen LogP contribution in [0.25, 0.3) is 0 Å². The van der Waals surface area contributed by atoms with Crippen LogP contribution in [0.5, 0.6) is 28.9 Å². The first-order chi connectivity index (χ1) is 22.9. The van der Waals surface area contributed by atoms with E-state index in [-0.39, 0.29) is 17.6 Å². The van der Waals surface area contributed by atoms with Crippen molar-refractivity contribution in [1.82, 2.24) is 14.9 Å². The average molecular weight is 646 g/mol. The van der Waals surface area contributed by atoms with E-state index in [0.29, 0.717) is 40.9 Å². The Morgan fingerprint density at radius 1 is 0.894 bits per heavy atom. The van der Waals surface area contributed by atoms with Gasteiger partial charge in [0, 0.05) is 36.6 Å². The number of anilines is 4. The predicted octanol–water partition coefficient (Wildman–Crippen LogP) is 7.29. The van der Waals surface area contributed by atoms with Gasteiger partial charge in [0.25, 0.3) is 0 Å². The summed E-state index contributed by atoms with van der Waals surface area (Å²) in [6.45, 7) is 5.52. The predicted molar refractivity (Wildman–Crippen MR) is 178 cm³/mol. The molecule has 0 radical (unpaired) electrons. The number of rotatable bonds is 13. The number of halogens is 1. The molecular weight excluding hydrogens is 605 g/mol. The quantitative estimate of drug-likeness (QED) is 0.149. The van der Waals surface area contributed by atoms with Gasteiger partial charge in [-0.2, -0.15) is 4.98 Å². The molecule has 0 spiro atoms. The number of aryl methyl sites for hydroxylation is 1. The van der Waals surface area contributed by atoms with Crippen LogP contribution in [0, 0.1) is 12.7 Å². The van der Waals surface area contributed by atoms with Gasteiger partial charge in [0.1, 0.15) is 17.2 Å². The van der Waals surface area contributed by atoms with Gasteiger partial charge in [0.15, 0.2) is 11.6 Å². The number of amides is 1. The number of hydrogen-bond donors (Lipinski definition) is 1. The Balaban J connectivity index is 1.30. The molecule has 0 bridgehead atoms. The van der Waals surface area contributed by atoms with Crippen LogP contribution in [0.3, 0.4) is 0 Å². The topological polar surface area (TPSA) is 108 Å². The lowest BCUT2D eigenvalue weighted by Crippen LogP contribution is -2.31. The van der Waals surface area contributed by atoms with Crippen LogP contribution in [0.4, 0.5) is 32.2 Å². The van der Waals surface area contributed by atoms with E-state index in [1.807, 2.05) is 13.0 Å². The van der Waals surface area contributed by atoms with Crippen molar-refractivity contribution in [2.45, 2.75) is 32.6 Å². The standard InChI is InChI=1S/C35H40FN5O6/c1-24-9-13-31(44-3)29(21-24)41(28-12-11-26(43-2)23-32(28)45-4)35(42)47-33-15-16-37-34(39-33)38-25-10-14-30(27(36)22-25)46-20-8-19-40-17-6-5-7-18-40/h9-16,21-23H,5-8,17-20H2,1-4H3,(H,37,38,39). The second-order valence-corrected chi connectivity index (χ2v) is 11.0. The summed E-state index contributed by atoms with van der Waals surface area (Å²) in [5.41, 5.74) is 2.11. The van der Waals surface area contributed by atoms with E-state index in [1.54, 1.807) is 49.6 Å². The normalized spacial score (nSPS) is 13.0. The van der Waals surface area contributed by atoms with E-state index in [9.17, 15) is 9.18 Å². The molecule has 12 heteroatoms. The Bertz CT molecular complexity index is 1670. The first-order valence-corrected chi connectivity index (χ1v) is 15.5. The Hall–Kier alpha value is -5.10. The van der Waals surface area contributed by atoms with Gasteiger partial charge in [-0.15, -0.1) is 0 Å². The third-order valence-corrected chi connectivity index (χ3v) is 7.72. The molecule has 47 heavy (non-hydrogen) atoms. The molecule has 0 aliphatic carbocycles. The highest BCUT2D eigenvalue weighted by Gasteiger charge is 2.27. The highest BCUT2D eigenvalue weighted by molar-refractivity contribution is 6.00. The fourth-order valence-corrected chi connectivity index (χ4v) is 5.34. The van der Waals surface area contributed by atoms with E-state index in [0.717, 1.165) is 31.6 Å². The molecular formula is C35H40FN5O6. The molecule has 1 fully saturated rings. The highest BCUT2D eigenvalue weighted by Crippen LogP contribution is 2.41. The smallest absolute Gasteiger partial charge is 0.426 e. The minimum Gasteiger partial charge on any atom is -0.497 e. The number of carbonyl (C=O) groups excluding carboxylic acids is 1. The summed E-state index contributed by atoms with van der Waals surface area (Å²) in [4.78, 5) is 26.2. The summed E-state index contributed by atoms with van der Waals surface area (Å²) < 4.78 is 42.9. The van der Waals surface area contributed by atoms with Gasteiger partial charge in [0.2, 0.25) is 11.8 Å². The molecule has 1 aliphatic rings. The van der Waals surface area contributed by atoms with Crippen molar-refractivity contribution in [1.29, 1.82) is 0 Å². The third kappa shape index (κ3) is 8.59. The Morgan fingerprint density at radius 2 is 1.68 bits per heavy atom. The molecule has 4 aromatic rings. The Morgan fingerprint density at radius 3 is 2.43 bits per heavy atom. The molecule has 11 nitrogen and oxygen atoms in total. The van der Waals surface area contributed by atoms with E-state index in [2.05, 4.69) is 20.2 Å². The van der Waals surface area contributed by atoms with Crippen LogP contribution in [0.2, 0.25) is 0 Å². The summed E-state index contributed by atoms with van der Waals surface area (Å²) >= 11 is 0. The molecule has 0 atom stereocenters. The second-order valence-electron chi connectivity index (χ2n) is 11.0. The van der Waals surface area contributed by atoms with Gasteiger partial charge in [-0.3, -0.25) is 0 Å². The Kier molecular flexibility index (Phi) is 11.3. The lowest BCUT2D eigenvalue weighted by molar-refractivity contribution is 0.203. The van der Waals surface area contributed by atoms with Crippen molar-refractivity contribution >= 4 is 29.1 Å².